The van der Waals surface area contributed by atoms with Crippen LogP contribution in [-0.2, 0) is 4.74 Å². The molecule has 5 heteroatoms. The summed E-state index contributed by atoms with van der Waals surface area (Å²) in [5, 5.41) is 9.15. The SMILES string of the molecule is CCOC1CCCN(c2cccc(F)c2C(=O)O)C1. The number of hydrogen-bond donors (Lipinski definition) is 1. The Morgan fingerprint density at radius 2 is 2.37 bits per heavy atom. The minimum Gasteiger partial charge on any atom is -0.478 e. The Labute approximate surface area is 111 Å². The first kappa shape index (κ1) is 13.8. The average Bonchev–Trinajstić information content (AvgIpc) is 2.38. The van der Waals surface area contributed by atoms with Gasteiger partial charge in [0.2, 0.25) is 0 Å². The molecule has 0 radical (unpaired) electrons. The summed E-state index contributed by atoms with van der Waals surface area (Å²) in [5.41, 5.74) is 0.191. The van der Waals surface area contributed by atoms with Crippen molar-refractivity contribution in [1.29, 1.82) is 0 Å². The molecule has 0 saturated carbocycles. The van der Waals surface area contributed by atoms with Gasteiger partial charge in [0.15, 0.2) is 0 Å². The molecule has 1 atom stereocenters. The van der Waals surface area contributed by atoms with Crippen LogP contribution in [0, 0.1) is 5.82 Å². The molecular formula is C14H18FNO3. The number of carboxylic acid groups (broad SMARTS) is 1. The van der Waals surface area contributed by atoms with Crippen LogP contribution < -0.4 is 4.90 Å². The van der Waals surface area contributed by atoms with Gasteiger partial charge in [0.25, 0.3) is 0 Å². The number of hydrogen-bond acceptors (Lipinski definition) is 3. The van der Waals surface area contributed by atoms with Gasteiger partial charge < -0.3 is 14.7 Å². The largest absolute Gasteiger partial charge is 0.478 e. The van der Waals surface area contributed by atoms with Crippen LogP contribution in [0.5, 0.6) is 0 Å². The van der Waals surface area contributed by atoms with Crippen LogP contribution in [-0.4, -0.2) is 36.9 Å². The molecule has 0 aliphatic carbocycles. The summed E-state index contributed by atoms with van der Waals surface area (Å²) in [5.74, 6) is -1.92. The standard InChI is InChI=1S/C14H18FNO3/c1-2-19-10-5-4-8-16(9-10)12-7-3-6-11(15)13(12)14(17)18/h3,6-7,10H,2,4-5,8-9H2,1H3,(H,17,18). The van der Waals surface area contributed by atoms with Crippen LogP contribution in [0.3, 0.4) is 0 Å². The lowest BCUT2D eigenvalue weighted by molar-refractivity contribution is 0.0523. The lowest BCUT2D eigenvalue weighted by Gasteiger charge is -2.34. The number of piperidine rings is 1. The summed E-state index contributed by atoms with van der Waals surface area (Å²) in [6, 6.07) is 4.37. The Hall–Kier alpha value is -1.62. The third kappa shape index (κ3) is 3.04. The van der Waals surface area contributed by atoms with E-state index in [4.69, 9.17) is 9.84 Å². The molecule has 1 fully saturated rings. The van der Waals surface area contributed by atoms with Crippen molar-refractivity contribution in [2.24, 2.45) is 0 Å². The Bertz CT molecular complexity index is 462. The van der Waals surface area contributed by atoms with Crippen molar-refractivity contribution in [2.75, 3.05) is 24.6 Å². The van der Waals surface area contributed by atoms with Crippen molar-refractivity contribution >= 4 is 11.7 Å². The van der Waals surface area contributed by atoms with E-state index in [0.29, 0.717) is 18.8 Å². The lowest BCUT2D eigenvalue weighted by Crippen LogP contribution is -2.40. The van der Waals surface area contributed by atoms with Crippen LogP contribution >= 0.6 is 0 Å². The van der Waals surface area contributed by atoms with Gasteiger partial charge >= 0.3 is 5.97 Å². The molecule has 1 N–H and O–H groups in total. The normalized spacial score (nSPS) is 19.5. The molecule has 19 heavy (non-hydrogen) atoms. The molecule has 0 bridgehead atoms. The van der Waals surface area contributed by atoms with E-state index in [-0.39, 0.29) is 11.7 Å². The van der Waals surface area contributed by atoms with Crippen molar-refractivity contribution in [3.63, 3.8) is 0 Å². The zero-order valence-electron chi connectivity index (χ0n) is 10.9. The third-order valence-electron chi connectivity index (χ3n) is 3.33. The molecule has 1 heterocycles. The van der Waals surface area contributed by atoms with Gasteiger partial charge in [0.1, 0.15) is 11.4 Å². The molecule has 0 amide bonds. The lowest BCUT2D eigenvalue weighted by atomic mass is 10.0. The van der Waals surface area contributed by atoms with E-state index >= 15 is 0 Å². The first-order valence-electron chi connectivity index (χ1n) is 6.51. The van der Waals surface area contributed by atoms with Gasteiger partial charge in [-0.05, 0) is 31.9 Å². The number of aromatic carboxylic acids is 1. The van der Waals surface area contributed by atoms with Crippen LogP contribution in [0.25, 0.3) is 0 Å². The fourth-order valence-electron chi connectivity index (χ4n) is 2.52. The maximum atomic E-state index is 13.7. The number of halogens is 1. The van der Waals surface area contributed by atoms with Crippen LogP contribution in [0.4, 0.5) is 10.1 Å². The quantitative estimate of drug-likeness (QED) is 0.910. The Morgan fingerprint density at radius 1 is 1.58 bits per heavy atom. The fourth-order valence-corrected chi connectivity index (χ4v) is 2.52. The second-order valence-electron chi connectivity index (χ2n) is 4.60. The third-order valence-corrected chi connectivity index (χ3v) is 3.33. The monoisotopic (exact) mass is 267 g/mol. The Morgan fingerprint density at radius 3 is 3.05 bits per heavy atom. The van der Waals surface area contributed by atoms with Gasteiger partial charge in [0, 0.05) is 19.7 Å². The molecule has 1 aliphatic heterocycles. The zero-order chi connectivity index (χ0) is 13.8. The molecule has 1 saturated heterocycles. The Kier molecular flexibility index (Phi) is 4.37. The van der Waals surface area contributed by atoms with E-state index in [1.165, 1.54) is 6.07 Å². The maximum absolute atomic E-state index is 13.7. The zero-order valence-corrected chi connectivity index (χ0v) is 10.9. The summed E-state index contributed by atoms with van der Waals surface area (Å²) >= 11 is 0. The summed E-state index contributed by atoms with van der Waals surface area (Å²) in [6.45, 7) is 3.90. The molecule has 1 aliphatic rings. The van der Waals surface area contributed by atoms with E-state index in [9.17, 15) is 9.18 Å². The molecule has 1 aromatic carbocycles. The Balaban J connectivity index is 2.26. The summed E-state index contributed by atoms with van der Waals surface area (Å²) in [7, 11) is 0. The molecule has 1 aromatic rings. The van der Waals surface area contributed by atoms with Gasteiger partial charge in [-0.2, -0.15) is 0 Å². The van der Waals surface area contributed by atoms with Gasteiger partial charge in [-0.15, -0.1) is 0 Å². The number of nitrogens with zero attached hydrogens (tertiary/aromatic N) is 1. The van der Waals surface area contributed by atoms with E-state index in [0.717, 1.165) is 19.4 Å². The summed E-state index contributed by atoms with van der Waals surface area (Å²) < 4.78 is 19.2. The summed E-state index contributed by atoms with van der Waals surface area (Å²) in [6.07, 6.45) is 1.96. The van der Waals surface area contributed by atoms with E-state index in [2.05, 4.69) is 0 Å². The van der Waals surface area contributed by atoms with Crippen LogP contribution in [0.15, 0.2) is 18.2 Å². The average molecular weight is 267 g/mol. The van der Waals surface area contributed by atoms with Crippen molar-refractivity contribution in [3.05, 3.63) is 29.6 Å². The van der Waals surface area contributed by atoms with Gasteiger partial charge in [-0.3, -0.25) is 0 Å². The van der Waals surface area contributed by atoms with E-state index < -0.39 is 11.8 Å². The molecule has 0 aromatic heterocycles. The highest BCUT2D eigenvalue weighted by molar-refractivity contribution is 5.94. The number of carboxylic acids is 1. The van der Waals surface area contributed by atoms with E-state index in [1.54, 1.807) is 12.1 Å². The highest BCUT2D eigenvalue weighted by Gasteiger charge is 2.25. The number of anilines is 1. The van der Waals surface area contributed by atoms with Crippen molar-refractivity contribution in [3.8, 4) is 0 Å². The topological polar surface area (TPSA) is 49.8 Å². The number of carbonyl (C=O) groups is 1. The van der Waals surface area contributed by atoms with E-state index in [1.807, 2.05) is 11.8 Å². The van der Waals surface area contributed by atoms with Crippen LogP contribution in [0.2, 0.25) is 0 Å². The smallest absolute Gasteiger partial charge is 0.340 e. The molecule has 0 spiro atoms. The van der Waals surface area contributed by atoms with Crippen LogP contribution in [0.1, 0.15) is 30.1 Å². The molecule has 4 nitrogen and oxygen atoms in total. The first-order chi connectivity index (χ1) is 9.13. The highest BCUT2D eigenvalue weighted by atomic mass is 19.1. The maximum Gasteiger partial charge on any atom is 0.340 e. The minimum absolute atomic E-state index is 0.0867. The predicted octanol–water partition coefficient (Wildman–Crippen LogP) is 2.53. The first-order valence-corrected chi connectivity index (χ1v) is 6.51. The van der Waals surface area contributed by atoms with Gasteiger partial charge in [0.05, 0.1) is 11.8 Å². The van der Waals surface area contributed by atoms with Crippen molar-refractivity contribution < 1.29 is 19.0 Å². The van der Waals surface area contributed by atoms with Gasteiger partial charge in [-0.25, -0.2) is 9.18 Å². The van der Waals surface area contributed by atoms with Crippen molar-refractivity contribution in [1.82, 2.24) is 0 Å². The minimum atomic E-state index is -1.23. The number of rotatable bonds is 4. The highest BCUT2D eigenvalue weighted by Crippen LogP contribution is 2.27. The molecule has 104 valence electrons. The number of ether oxygens (including phenoxy) is 1. The summed E-state index contributed by atoms with van der Waals surface area (Å²) in [4.78, 5) is 13.1. The molecule has 2 rings (SSSR count). The fraction of sp³-hybridized carbons (Fsp3) is 0.500. The predicted molar refractivity (Wildman–Crippen MR) is 70.2 cm³/mol. The molecular weight excluding hydrogens is 249 g/mol. The number of benzene rings is 1. The second kappa shape index (κ2) is 6.02. The molecule has 1 unspecified atom stereocenters. The van der Waals surface area contributed by atoms with Crippen molar-refractivity contribution in [2.45, 2.75) is 25.9 Å². The second-order valence-corrected chi connectivity index (χ2v) is 4.60. The van der Waals surface area contributed by atoms with Gasteiger partial charge in [-0.1, -0.05) is 6.07 Å².